The molecule has 6 heteroatoms. The van der Waals surface area contributed by atoms with E-state index in [-0.39, 0.29) is 35.0 Å². The van der Waals surface area contributed by atoms with Gasteiger partial charge in [0, 0.05) is 29.1 Å². The summed E-state index contributed by atoms with van der Waals surface area (Å²) in [7, 11) is 1.42. The molecule has 0 aliphatic carbocycles. The van der Waals surface area contributed by atoms with Crippen molar-refractivity contribution in [1.29, 1.82) is 0 Å². The lowest BCUT2D eigenvalue weighted by Gasteiger charge is -2.41. The van der Waals surface area contributed by atoms with Crippen LogP contribution in [0.25, 0.3) is 0 Å². The predicted octanol–water partition coefficient (Wildman–Crippen LogP) is 7.26. The molecule has 1 aliphatic rings. The quantitative estimate of drug-likeness (QED) is 0.437. The molecule has 0 bridgehead atoms. The molecule has 2 aromatic rings. The maximum absolute atomic E-state index is 13.4. The Morgan fingerprint density at radius 3 is 2.43 bits per heavy atom. The molecule has 35 heavy (non-hydrogen) atoms. The number of carboxylic acids is 1. The highest BCUT2D eigenvalue weighted by Gasteiger charge is 2.41. The van der Waals surface area contributed by atoms with E-state index in [9.17, 15) is 14.7 Å². The lowest BCUT2D eigenvalue weighted by molar-refractivity contribution is -0.119. The van der Waals surface area contributed by atoms with E-state index < -0.39 is 11.4 Å². The van der Waals surface area contributed by atoms with Crippen LogP contribution >= 0.6 is 11.6 Å². The minimum atomic E-state index is -1.08. The van der Waals surface area contributed by atoms with Gasteiger partial charge < -0.3 is 9.84 Å². The van der Waals surface area contributed by atoms with E-state index in [0.29, 0.717) is 5.69 Å². The number of aromatic carboxylic acids is 1. The number of carbonyl (C=O) groups is 2. The summed E-state index contributed by atoms with van der Waals surface area (Å²) in [5.41, 5.74) is 3.61. The molecule has 3 rings (SSSR count). The molecule has 0 aromatic heterocycles. The van der Waals surface area contributed by atoms with Crippen LogP contribution in [0.2, 0.25) is 5.02 Å². The number of amides is 1. The van der Waals surface area contributed by atoms with E-state index in [0.717, 1.165) is 34.6 Å². The van der Waals surface area contributed by atoms with E-state index in [4.69, 9.17) is 16.3 Å². The van der Waals surface area contributed by atoms with E-state index >= 15 is 0 Å². The van der Waals surface area contributed by atoms with Gasteiger partial charge in [0.1, 0.15) is 11.3 Å². The van der Waals surface area contributed by atoms with E-state index in [2.05, 4.69) is 53.7 Å². The number of nitrogens with zero attached hydrogens (tertiary/aromatic N) is 1. The summed E-state index contributed by atoms with van der Waals surface area (Å²) in [5, 5.41) is 10.1. The highest BCUT2D eigenvalue weighted by Crippen LogP contribution is 2.45. The van der Waals surface area contributed by atoms with Gasteiger partial charge in [0.2, 0.25) is 5.91 Å². The normalized spacial score (nSPS) is 18.6. The zero-order chi connectivity index (χ0) is 26.1. The number of allylic oxidation sites excluding steroid dienone is 1. The lowest BCUT2D eigenvalue weighted by Crippen LogP contribution is -2.42. The molecule has 0 radical (unpaired) electrons. The molecule has 1 aliphatic heterocycles. The van der Waals surface area contributed by atoms with Crippen molar-refractivity contribution < 1.29 is 19.4 Å². The summed E-state index contributed by atoms with van der Waals surface area (Å²) in [4.78, 5) is 26.5. The Bertz CT molecular complexity index is 1160. The molecular formula is C29H36ClNO4. The Balaban J connectivity index is 2.01. The van der Waals surface area contributed by atoms with Gasteiger partial charge in [0.15, 0.2) is 0 Å². The fourth-order valence-corrected chi connectivity index (χ4v) is 5.00. The number of aryl methyl sites for hydroxylation is 1. The van der Waals surface area contributed by atoms with Crippen molar-refractivity contribution in [2.45, 2.75) is 66.2 Å². The zero-order valence-electron chi connectivity index (χ0n) is 21.7. The summed E-state index contributed by atoms with van der Waals surface area (Å²) in [5.74, 6) is -0.759. The Morgan fingerprint density at radius 2 is 1.89 bits per heavy atom. The fourth-order valence-electron chi connectivity index (χ4n) is 4.73. The van der Waals surface area contributed by atoms with Crippen molar-refractivity contribution in [1.82, 2.24) is 0 Å². The minimum absolute atomic E-state index is 0.0554. The van der Waals surface area contributed by atoms with Crippen LogP contribution in [-0.2, 0) is 16.6 Å². The molecule has 1 amide bonds. The second-order valence-corrected chi connectivity index (χ2v) is 11.5. The first-order valence-corrected chi connectivity index (χ1v) is 12.4. The fraction of sp³-hybridized carbons (Fsp3) is 0.448. The second-order valence-electron chi connectivity index (χ2n) is 11.1. The third kappa shape index (κ3) is 5.72. The summed E-state index contributed by atoms with van der Waals surface area (Å²) >= 11 is 6.72. The first-order chi connectivity index (χ1) is 16.3. The van der Waals surface area contributed by atoms with Crippen LogP contribution in [0.3, 0.4) is 0 Å². The van der Waals surface area contributed by atoms with E-state index in [1.807, 2.05) is 12.3 Å². The number of halogens is 1. The number of rotatable bonds is 7. The molecule has 5 nitrogen and oxygen atoms in total. The van der Waals surface area contributed by atoms with Gasteiger partial charge in [-0.1, -0.05) is 65.3 Å². The third-order valence-corrected chi connectivity index (χ3v) is 7.18. The Labute approximate surface area is 213 Å². The maximum Gasteiger partial charge on any atom is 0.339 e. The topological polar surface area (TPSA) is 66.8 Å². The van der Waals surface area contributed by atoms with Gasteiger partial charge in [0.25, 0.3) is 0 Å². The molecule has 1 heterocycles. The number of anilines is 1. The average Bonchev–Trinajstić information content (AvgIpc) is 2.76. The van der Waals surface area contributed by atoms with Crippen LogP contribution in [0.5, 0.6) is 5.75 Å². The maximum atomic E-state index is 13.4. The van der Waals surface area contributed by atoms with Crippen LogP contribution in [-0.4, -0.2) is 24.1 Å². The number of carbonyl (C=O) groups excluding carboxylic acids is 1. The summed E-state index contributed by atoms with van der Waals surface area (Å²) in [6.45, 7) is 13.0. The third-order valence-electron chi connectivity index (χ3n) is 6.83. The van der Waals surface area contributed by atoms with Gasteiger partial charge in [-0.2, -0.15) is 0 Å². The number of benzene rings is 2. The smallest absolute Gasteiger partial charge is 0.339 e. The zero-order valence-corrected chi connectivity index (χ0v) is 22.5. The standard InChI is InChI=1S/C29H36ClNO4/c1-18(2)23-17-31(21-10-11-22(27(33)34)25(15-21)35-7)26(32)16-29(23,6)20-9-8-19(24(30)14-20)12-13-28(3,4)5/h8-11,14-15,17-18H,12-13,16H2,1-7H3,(H,33,34)/t29-/m0/s1. The summed E-state index contributed by atoms with van der Waals surface area (Å²) in [6.07, 6.45) is 4.12. The number of hydrogen-bond donors (Lipinski definition) is 1. The van der Waals surface area contributed by atoms with Gasteiger partial charge in [-0.25, -0.2) is 4.79 Å². The average molecular weight is 498 g/mol. The molecular weight excluding hydrogens is 462 g/mol. The molecule has 0 unspecified atom stereocenters. The molecule has 188 valence electrons. The Kier molecular flexibility index (Phi) is 7.71. The number of ether oxygens (including phenoxy) is 1. The van der Waals surface area contributed by atoms with Crippen molar-refractivity contribution in [3.8, 4) is 5.75 Å². The van der Waals surface area contributed by atoms with Crippen molar-refractivity contribution in [2.75, 3.05) is 12.0 Å². The van der Waals surface area contributed by atoms with Crippen LogP contribution in [0.1, 0.15) is 75.9 Å². The first kappa shape index (κ1) is 26.8. The van der Waals surface area contributed by atoms with Gasteiger partial charge in [-0.3, -0.25) is 9.69 Å². The Hall–Kier alpha value is -2.79. The summed E-state index contributed by atoms with van der Waals surface area (Å²) in [6, 6.07) is 10.9. The predicted molar refractivity (Wildman–Crippen MR) is 142 cm³/mol. The molecule has 0 fully saturated rings. The van der Waals surface area contributed by atoms with Gasteiger partial charge in [-0.05, 0) is 59.1 Å². The molecule has 2 aromatic carbocycles. The molecule has 0 saturated carbocycles. The van der Waals surface area contributed by atoms with Crippen LogP contribution < -0.4 is 9.64 Å². The second kappa shape index (κ2) is 10.1. The van der Waals surface area contributed by atoms with Gasteiger partial charge in [-0.15, -0.1) is 0 Å². The highest BCUT2D eigenvalue weighted by atomic mass is 35.5. The molecule has 0 spiro atoms. The van der Waals surface area contributed by atoms with E-state index in [1.165, 1.54) is 13.2 Å². The monoisotopic (exact) mass is 497 g/mol. The minimum Gasteiger partial charge on any atom is -0.496 e. The number of hydrogen-bond acceptors (Lipinski definition) is 3. The highest BCUT2D eigenvalue weighted by molar-refractivity contribution is 6.31. The SMILES string of the molecule is COc1cc(N2C=C(C(C)C)[C@](C)(c3ccc(CCC(C)(C)C)c(Cl)c3)CC2=O)ccc1C(=O)O. The van der Waals surface area contributed by atoms with E-state index in [1.54, 1.807) is 17.0 Å². The largest absolute Gasteiger partial charge is 0.496 e. The number of carboxylic acid groups (broad SMARTS) is 1. The molecule has 0 saturated heterocycles. The van der Waals surface area contributed by atoms with Crippen molar-refractivity contribution >= 4 is 29.2 Å². The van der Waals surface area contributed by atoms with Gasteiger partial charge in [0.05, 0.1) is 12.8 Å². The van der Waals surface area contributed by atoms with Crippen LogP contribution in [0, 0.1) is 11.3 Å². The molecule has 1 atom stereocenters. The molecule has 1 N–H and O–H groups in total. The Morgan fingerprint density at radius 1 is 1.20 bits per heavy atom. The van der Waals surface area contributed by atoms with Crippen LogP contribution in [0.4, 0.5) is 5.69 Å². The van der Waals surface area contributed by atoms with Crippen molar-refractivity contribution in [2.24, 2.45) is 11.3 Å². The van der Waals surface area contributed by atoms with Gasteiger partial charge >= 0.3 is 5.97 Å². The summed E-state index contributed by atoms with van der Waals surface area (Å²) < 4.78 is 5.27. The van der Waals surface area contributed by atoms with Crippen molar-refractivity contribution in [3.05, 3.63) is 69.9 Å². The number of methoxy groups -OCH3 is 1. The van der Waals surface area contributed by atoms with Crippen molar-refractivity contribution in [3.63, 3.8) is 0 Å². The first-order valence-electron chi connectivity index (χ1n) is 12.0. The lowest BCUT2D eigenvalue weighted by atomic mass is 9.68. The van der Waals surface area contributed by atoms with Crippen LogP contribution in [0.15, 0.2) is 48.2 Å².